The molecule has 6 nitrogen and oxygen atoms in total. The van der Waals surface area contributed by atoms with Crippen molar-refractivity contribution in [2.75, 3.05) is 13.1 Å². The first-order valence-electron chi connectivity index (χ1n) is 6.02. The monoisotopic (exact) mass is 298 g/mol. The summed E-state index contributed by atoms with van der Waals surface area (Å²) in [5, 5.41) is 8.54. The van der Waals surface area contributed by atoms with Gasteiger partial charge in [-0.05, 0) is 25.5 Å². The molecule has 1 rings (SSSR count). The molecule has 20 heavy (non-hydrogen) atoms. The van der Waals surface area contributed by atoms with E-state index in [0.29, 0.717) is 6.42 Å². The molecule has 0 saturated heterocycles. The van der Waals surface area contributed by atoms with Crippen LogP contribution in [0.15, 0.2) is 41.8 Å². The zero-order valence-electron chi connectivity index (χ0n) is 11.2. The van der Waals surface area contributed by atoms with E-state index >= 15 is 0 Å². The summed E-state index contributed by atoms with van der Waals surface area (Å²) < 4.78 is 25.9. The first-order valence-corrected chi connectivity index (χ1v) is 7.46. The smallest absolute Gasteiger partial charge is 0.258 e. The Balaban J connectivity index is 3.05. The molecule has 0 aliphatic heterocycles. The minimum Gasteiger partial charge on any atom is -0.289 e. The largest absolute Gasteiger partial charge is 0.289 e. The highest BCUT2D eigenvalue weighted by Gasteiger charge is 2.25. The second-order valence-electron chi connectivity index (χ2n) is 4.26. The number of hydrogen-bond donors (Lipinski definition) is 2. The van der Waals surface area contributed by atoms with E-state index in [1.807, 2.05) is 6.92 Å². The van der Waals surface area contributed by atoms with Crippen molar-refractivity contribution in [2.24, 2.45) is 0 Å². The van der Waals surface area contributed by atoms with Crippen molar-refractivity contribution in [1.29, 1.82) is 0 Å². The quantitative estimate of drug-likeness (QED) is 0.448. The number of nitrogens with one attached hydrogen (secondary N) is 1. The number of hydroxylamine groups is 1. The molecule has 0 aromatic heterocycles. The minimum absolute atomic E-state index is 0.109. The van der Waals surface area contributed by atoms with Crippen LogP contribution in [-0.4, -0.2) is 36.9 Å². The van der Waals surface area contributed by atoms with E-state index in [2.05, 4.69) is 6.58 Å². The zero-order chi connectivity index (χ0) is 15.2. The molecule has 0 spiro atoms. The van der Waals surface area contributed by atoms with Crippen LogP contribution in [0.4, 0.5) is 0 Å². The molecule has 1 aromatic rings. The summed E-state index contributed by atoms with van der Waals surface area (Å²) in [6.45, 7) is 5.05. The van der Waals surface area contributed by atoms with Crippen molar-refractivity contribution in [2.45, 2.75) is 18.2 Å². The summed E-state index contributed by atoms with van der Waals surface area (Å²) >= 11 is 0. The lowest BCUT2D eigenvalue weighted by Crippen LogP contribution is -2.40. The molecule has 0 bridgehead atoms. The van der Waals surface area contributed by atoms with E-state index in [9.17, 15) is 13.2 Å². The van der Waals surface area contributed by atoms with Gasteiger partial charge in [-0.2, -0.15) is 4.31 Å². The molecular formula is C13H18N2O4S. The Labute approximate surface area is 118 Å². The highest BCUT2D eigenvalue weighted by atomic mass is 32.2. The van der Waals surface area contributed by atoms with E-state index in [4.69, 9.17) is 5.21 Å². The van der Waals surface area contributed by atoms with Crippen LogP contribution < -0.4 is 5.48 Å². The topological polar surface area (TPSA) is 86.7 Å². The van der Waals surface area contributed by atoms with Gasteiger partial charge >= 0.3 is 0 Å². The van der Waals surface area contributed by atoms with Gasteiger partial charge in [-0.15, -0.1) is 6.58 Å². The van der Waals surface area contributed by atoms with Gasteiger partial charge < -0.3 is 0 Å². The molecule has 0 saturated carbocycles. The zero-order valence-corrected chi connectivity index (χ0v) is 12.1. The number of carbonyl (C=O) groups is 1. The standard InChI is InChI=1S/C13H18N2O4S/c1-3-4-9-15(10-13(16)14-17)20(18,19)12-7-5-11(2)6-8-12/h3,5-8,17H,1,4,9-10H2,2H3,(H,14,16). The third-order valence-corrected chi connectivity index (χ3v) is 4.55. The van der Waals surface area contributed by atoms with Crippen molar-refractivity contribution in [1.82, 2.24) is 9.79 Å². The molecule has 0 fully saturated rings. The maximum absolute atomic E-state index is 12.4. The van der Waals surface area contributed by atoms with Gasteiger partial charge in [0.15, 0.2) is 0 Å². The Morgan fingerprint density at radius 1 is 1.40 bits per heavy atom. The van der Waals surface area contributed by atoms with Gasteiger partial charge in [0.2, 0.25) is 10.0 Å². The summed E-state index contributed by atoms with van der Waals surface area (Å²) in [7, 11) is -3.78. The van der Waals surface area contributed by atoms with Crippen LogP contribution in [0.1, 0.15) is 12.0 Å². The van der Waals surface area contributed by atoms with Crippen molar-refractivity contribution >= 4 is 15.9 Å². The van der Waals surface area contributed by atoms with Gasteiger partial charge in [0, 0.05) is 6.54 Å². The predicted octanol–water partition coefficient (Wildman–Crippen LogP) is 1.07. The van der Waals surface area contributed by atoms with E-state index in [0.717, 1.165) is 9.87 Å². The number of carbonyl (C=O) groups excluding carboxylic acids is 1. The molecule has 0 radical (unpaired) electrons. The first kappa shape index (κ1) is 16.4. The van der Waals surface area contributed by atoms with Crippen LogP contribution >= 0.6 is 0 Å². The van der Waals surface area contributed by atoms with Gasteiger partial charge in [0.1, 0.15) is 0 Å². The van der Waals surface area contributed by atoms with Gasteiger partial charge in [-0.3, -0.25) is 10.0 Å². The molecule has 0 unspecified atom stereocenters. The highest BCUT2D eigenvalue weighted by molar-refractivity contribution is 7.89. The average Bonchev–Trinajstić information content (AvgIpc) is 2.43. The molecular weight excluding hydrogens is 280 g/mol. The van der Waals surface area contributed by atoms with E-state index in [1.165, 1.54) is 17.6 Å². The third kappa shape index (κ3) is 4.16. The van der Waals surface area contributed by atoms with Gasteiger partial charge in [-0.1, -0.05) is 23.8 Å². The molecule has 0 aliphatic carbocycles. The second-order valence-corrected chi connectivity index (χ2v) is 6.20. The highest BCUT2D eigenvalue weighted by Crippen LogP contribution is 2.16. The lowest BCUT2D eigenvalue weighted by molar-refractivity contribution is -0.129. The van der Waals surface area contributed by atoms with Crippen LogP contribution in [0, 0.1) is 6.92 Å². The average molecular weight is 298 g/mol. The van der Waals surface area contributed by atoms with Gasteiger partial charge in [0.05, 0.1) is 11.4 Å². The second kappa shape index (κ2) is 7.18. The molecule has 0 aliphatic rings. The normalized spacial score (nSPS) is 11.3. The molecule has 7 heteroatoms. The number of sulfonamides is 1. The van der Waals surface area contributed by atoms with Crippen molar-refractivity contribution in [3.05, 3.63) is 42.5 Å². The van der Waals surface area contributed by atoms with Crippen LogP contribution in [-0.2, 0) is 14.8 Å². The Hall–Kier alpha value is -1.70. The van der Waals surface area contributed by atoms with Crippen molar-refractivity contribution in [3.8, 4) is 0 Å². The van der Waals surface area contributed by atoms with Crippen molar-refractivity contribution in [3.63, 3.8) is 0 Å². The number of nitrogens with zero attached hydrogens (tertiary/aromatic N) is 1. The van der Waals surface area contributed by atoms with Crippen LogP contribution in [0.25, 0.3) is 0 Å². The summed E-state index contributed by atoms with van der Waals surface area (Å²) in [5.74, 6) is -0.787. The molecule has 110 valence electrons. The van der Waals surface area contributed by atoms with Crippen LogP contribution in [0.2, 0.25) is 0 Å². The predicted molar refractivity (Wildman–Crippen MR) is 74.7 cm³/mol. The Morgan fingerprint density at radius 3 is 2.50 bits per heavy atom. The van der Waals surface area contributed by atoms with Gasteiger partial charge in [-0.25, -0.2) is 13.9 Å². The summed E-state index contributed by atoms with van der Waals surface area (Å²) in [5.41, 5.74) is 2.37. The molecule has 0 heterocycles. The van der Waals surface area contributed by atoms with E-state index in [-0.39, 0.29) is 11.4 Å². The SMILES string of the molecule is C=CCCN(CC(=O)NO)S(=O)(=O)c1ccc(C)cc1. The van der Waals surface area contributed by atoms with Crippen molar-refractivity contribution < 1.29 is 18.4 Å². The Bertz CT molecular complexity index is 567. The number of hydrogen-bond acceptors (Lipinski definition) is 4. The molecule has 0 atom stereocenters. The molecule has 1 aromatic carbocycles. The van der Waals surface area contributed by atoms with Crippen LogP contribution in [0.5, 0.6) is 0 Å². The molecule has 2 N–H and O–H groups in total. The number of rotatable bonds is 7. The summed E-state index contributed by atoms with van der Waals surface area (Å²) in [6, 6.07) is 6.35. The summed E-state index contributed by atoms with van der Waals surface area (Å²) in [6.07, 6.45) is 1.97. The fourth-order valence-electron chi connectivity index (χ4n) is 1.57. The third-order valence-electron chi connectivity index (χ3n) is 2.69. The lowest BCUT2D eigenvalue weighted by Gasteiger charge is -2.20. The fourth-order valence-corrected chi connectivity index (χ4v) is 2.99. The van der Waals surface area contributed by atoms with Gasteiger partial charge in [0.25, 0.3) is 5.91 Å². The lowest BCUT2D eigenvalue weighted by atomic mass is 10.2. The molecule has 1 amide bonds. The maximum Gasteiger partial charge on any atom is 0.258 e. The first-order chi connectivity index (χ1) is 9.41. The Morgan fingerprint density at radius 2 is 2.00 bits per heavy atom. The van der Waals surface area contributed by atoms with Crippen LogP contribution in [0.3, 0.4) is 0 Å². The maximum atomic E-state index is 12.4. The Kier molecular flexibility index (Phi) is 5.87. The van der Waals surface area contributed by atoms with E-state index < -0.39 is 22.5 Å². The number of benzene rings is 1. The number of amides is 1. The summed E-state index contributed by atoms with van der Waals surface area (Å²) in [4.78, 5) is 11.3. The minimum atomic E-state index is -3.78. The van der Waals surface area contributed by atoms with E-state index in [1.54, 1.807) is 18.2 Å². The fraction of sp³-hybridized carbons (Fsp3) is 0.308. The number of aryl methyl sites for hydroxylation is 1.